The van der Waals surface area contributed by atoms with Crippen molar-refractivity contribution in [3.05, 3.63) is 34.9 Å². The predicted octanol–water partition coefficient (Wildman–Crippen LogP) is 3.39. The van der Waals surface area contributed by atoms with Gasteiger partial charge in [0.2, 0.25) is 0 Å². The summed E-state index contributed by atoms with van der Waals surface area (Å²) < 4.78 is 5.52. The number of hydrogen-bond acceptors (Lipinski definition) is 2. The molecule has 0 spiro atoms. The van der Waals surface area contributed by atoms with Crippen LogP contribution in [0.15, 0.2) is 24.3 Å². The van der Waals surface area contributed by atoms with E-state index in [1.54, 1.807) is 0 Å². The van der Waals surface area contributed by atoms with Crippen LogP contribution >= 0.6 is 11.6 Å². The molecule has 0 aromatic heterocycles. The zero-order valence-corrected chi connectivity index (χ0v) is 11.8. The van der Waals surface area contributed by atoms with Crippen LogP contribution in [0.3, 0.4) is 0 Å². The Morgan fingerprint density at radius 3 is 2.50 bits per heavy atom. The highest BCUT2D eigenvalue weighted by Crippen LogP contribution is 2.34. The van der Waals surface area contributed by atoms with Gasteiger partial charge in [-0.15, -0.1) is 0 Å². The quantitative estimate of drug-likeness (QED) is 0.826. The first kappa shape index (κ1) is 13.9. The molecule has 1 saturated heterocycles. The molecule has 100 valence electrons. The first-order valence-electron chi connectivity index (χ1n) is 6.81. The van der Waals surface area contributed by atoms with E-state index in [0.717, 1.165) is 44.2 Å². The van der Waals surface area contributed by atoms with Gasteiger partial charge >= 0.3 is 0 Å². The molecule has 1 aromatic carbocycles. The maximum Gasteiger partial charge on any atom is 0.0475 e. The lowest BCUT2D eigenvalue weighted by atomic mass is 9.74. The Balaban J connectivity index is 2.15. The molecule has 1 aliphatic rings. The molecule has 1 fully saturated rings. The lowest BCUT2D eigenvalue weighted by molar-refractivity contribution is 0.0499. The summed E-state index contributed by atoms with van der Waals surface area (Å²) >= 11 is 5.98. The Hall–Kier alpha value is -0.570. The van der Waals surface area contributed by atoms with Gasteiger partial charge < -0.3 is 10.1 Å². The lowest BCUT2D eigenvalue weighted by Crippen LogP contribution is -2.43. The Morgan fingerprint density at radius 1 is 1.22 bits per heavy atom. The highest BCUT2D eigenvalue weighted by atomic mass is 35.5. The van der Waals surface area contributed by atoms with Gasteiger partial charge in [0, 0.05) is 30.2 Å². The highest BCUT2D eigenvalue weighted by Gasteiger charge is 2.33. The number of hydrogen-bond donors (Lipinski definition) is 1. The molecule has 0 unspecified atom stereocenters. The molecule has 0 atom stereocenters. The Labute approximate surface area is 115 Å². The third kappa shape index (κ3) is 3.25. The zero-order chi connectivity index (χ0) is 12.8. The van der Waals surface area contributed by atoms with E-state index in [1.165, 1.54) is 12.0 Å². The average molecular weight is 268 g/mol. The summed E-state index contributed by atoms with van der Waals surface area (Å²) in [5.41, 5.74) is 1.61. The molecule has 0 aliphatic carbocycles. The number of nitrogens with one attached hydrogen (secondary N) is 1. The largest absolute Gasteiger partial charge is 0.381 e. The summed E-state index contributed by atoms with van der Waals surface area (Å²) in [6.45, 7) is 6.03. The van der Waals surface area contributed by atoms with Crippen molar-refractivity contribution in [2.75, 3.05) is 26.3 Å². The smallest absolute Gasteiger partial charge is 0.0475 e. The maximum absolute atomic E-state index is 5.98. The second kappa shape index (κ2) is 6.55. The summed E-state index contributed by atoms with van der Waals surface area (Å²) in [6.07, 6.45) is 3.35. The fraction of sp³-hybridized carbons (Fsp3) is 0.600. The monoisotopic (exact) mass is 267 g/mol. The second-order valence-corrected chi connectivity index (χ2v) is 5.51. The molecule has 2 rings (SSSR count). The molecular formula is C15H22ClNO. The van der Waals surface area contributed by atoms with E-state index < -0.39 is 0 Å². The SMILES string of the molecule is CCCNCC1(c2ccc(Cl)cc2)CCOCC1. The van der Waals surface area contributed by atoms with E-state index in [4.69, 9.17) is 16.3 Å². The summed E-state index contributed by atoms with van der Waals surface area (Å²) in [5, 5.41) is 4.38. The van der Waals surface area contributed by atoms with Gasteiger partial charge in [0.15, 0.2) is 0 Å². The van der Waals surface area contributed by atoms with Crippen molar-refractivity contribution in [3.63, 3.8) is 0 Å². The molecular weight excluding hydrogens is 246 g/mol. The van der Waals surface area contributed by atoms with E-state index in [1.807, 2.05) is 12.1 Å². The van der Waals surface area contributed by atoms with Gasteiger partial charge in [0.05, 0.1) is 0 Å². The molecule has 3 heteroatoms. The Bertz CT molecular complexity index is 357. The molecule has 1 heterocycles. The van der Waals surface area contributed by atoms with E-state index in [0.29, 0.717) is 0 Å². The van der Waals surface area contributed by atoms with Gasteiger partial charge in [-0.1, -0.05) is 30.7 Å². The van der Waals surface area contributed by atoms with Crippen LogP contribution in [0.1, 0.15) is 31.7 Å². The highest BCUT2D eigenvalue weighted by molar-refractivity contribution is 6.30. The average Bonchev–Trinajstić information content (AvgIpc) is 2.41. The third-order valence-electron chi connectivity index (χ3n) is 3.80. The van der Waals surface area contributed by atoms with Crippen molar-refractivity contribution in [1.29, 1.82) is 0 Å². The fourth-order valence-corrected chi connectivity index (χ4v) is 2.76. The summed E-state index contributed by atoms with van der Waals surface area (Å²) in [7, 11) is 0. The molecule has 2 nitrogen and oxygen atoms in total. The van der Waals surface area contributed by atoms with E-state index in [2.05, 4.69) is 24.4 Å². The summed E-state index contributed by atoms with van der Waals surface area (Å²) in [5.74, 6) is 0. The minimum Gasteiger partial charge on any atom is -0.381 e. The van der Waals surface area contributed by atoms with Gasteiger partial charge in [-0.25, -0.2) is 0 Å². The van der Waals surface area contributed by atoms with Crippen LogP contribution in [-0.2, 0) is 10.2 Å². The Kier molecular flexibility index (Phi) is 5.04. The van der Waals surface area contributed by atoms with Crippen molar-refractivity contribution < 1.29 is 4.74 Å². The van der Waals surface area contributed by atoms with E-state index in [9.17, 15) is 0 Å². The minimum absolute atomic E-state index is 0.220. The van der Waals surface area contributed by atoms with Gasteiger partial charge in [0.1, 0.15) is 0 Å². The Morgan fingerprint density at radius 2 is 1.89 bits per heavy atom. The first-order chi connectivity index (χ1) is 8.77. The third-order valence-corrected chi connectivity index (χ3v) is 4.05. The van der Waals surface area contributed by atoms with E-state index >= 15 is 0 Å². The number of rotatable bonds is 5. The molecule has 1 N–H and O–H groups in total. The van der Waals surface area contributed by atoms with Crippen molar-refractivity contribution in [1.82, 2.24) is 5.32 Å². The number of ether oxygens (including phenoxy) is 1. The minimum atomic E-state index is 0.220. The van der Waals surface area contributed by atoms with Crippen LogP contribution in [0.2, 0.25) is 5.02 Å². The summed E-state index contributed by atoms with van der Waals surface area (Å²) in [6, 6.07) is 8.32. The van der Waals surface area contributed by atoms with Gasteiger partial charge in [-0.05, 0) is 43.5 Å². The number of benzene rings is 1. The first-order valence-corrected chi connectivity index (χ1v) is 7.19. The molecule has 18 heavy (non-hydrogen) atoms. The van der Waals surface area contributed by atoms with Crippen LogP contribution in [0.25, 0.3) is 0 Å². The molecule has 0 bridgehead atoms. The normalized spacial score (nSPS) is 18.8. The zero-order valence-electron chi connectivity index (χ0n) is 11.0. The standard InChI is InChI=1S/C15H22ClNO/c1-2-9-17-12-15(7-10-18-11-8-15)13-3-5-14(16)6-4-13/h3-6,17H,2,7-12H2,1H3. The van der Waals surface area contributed by atoms with Crippen LogP contribution in [0.5, 0.6) is 0 Å². The van der Waals surface area contributed by atoms with E-state index in [-0.39, 0.29) is 5.41 Å². The molecule has 0 saturated carbocycles. The van der Waals surface area contributed by atoms with Gasteiger partial charge in [-0.3, -0.25) is 0 Å². The topological polar surface area (TPSA) is 21.3 Å². The molecule has 1 aliphatic heterocycles. The van der Waals surface area contributed by atoms with Crippen LogP contribution in [0.4, 0.5) is 0 Å². The van der Waals surface area contributed by atoms with Crippen molar-refractivity contribution in [3.8, 4) is 0 Å². The molecule has 0 amide bonds. The fourth-order valence-electron chi connectivity index (χ4n) is 2.64. The summed E-state index contributed by atoms with van der Waals surface area (Å²) in [4.78, 5) is 0. The van der Waals surface area contributed by atoms with Crippen molar-refractivity contribution in [2.45, 2.75) is 31.6 Å². The van der Waals surface area contributed by atoms with Crippen molar-refractivity contribution >= 4 is 11.6 Å². The van der Waals surface area contributed by atoms with Crippen LogP contribution in [-0.4, -0.2) is 26.3 Å². The lowest BCUT2D eigenvalue weighted by Gasteiger charge is -2.38. The van der Waals surface area contributed by atoms with Crippen LogP contribution in [0, 0.1) is 0 Å². The van der Waals surface area contributed by atoms with Gasteiger partial charge in [0.25, 0.3) is 0 Å². The van der Waals surface area contributed by atoms with Crippen molar-refractivity contribution in [2.24, 2.45) is 0 Å². The van der Waals surface area contributed by atoms with Crippen LogP contribution < -0.4 is 5.32 Å². The predicted molar refractivity (Wildman–Crippen MR) is 76.3 cm³/mol. The maximum atomic E-state index is 5.98. The number of halogens is 1. The van der Waals surface area contributed by atoms with Gasteiger partial charge in [-0.2, -0.15) is 0 Å². The second-order valence-electron chi connectivity index (χ2n) is 5.08. The molecule has 1 aromatic rings. The molecule has 0 radical (unpaired) electrons.